The second kappa shape index (κ2) is 8.38. The van der Waals surface area contributed by atoms with Crippen molar-refractivity contribution in [3.8, 4) is 0 Å². The van der Waals surface area contributed by atoms with E-state index in [9.17, 15) is 4.57 Å². The average molecular weight is 356 g/mol. The molecule has 0 aromatic rings. The van der Waals surface area contributed by atoms with E-state index in [-0.39, 0.29) is 29.9 Å². The van der Waals surface area contributed by atoms with Crippen LogP contribution in [0.5, 0.6) is 0 Å². The molecule has 0 atom stereocenters. The first kappa shape index (κ1) is 22.3. The molecule has 0 N–H and O–H groups in total. The number of hydrogen-bond donors (Lipinski definition) is 0. The predicted octanol–water partition coefficient (Wildman–Crippen LogP) is 6.09. The molecule has 0 unspecified atom stereocenters. The van der Waals surface area contributed by atoms with E-state index in [1.165, 1.54) is 0 Å². The van der Waals surface area contributed by atoms with Gasteiger partial charge in [0.2, 0.25) is 0 Å². The maximum absolute atomic E-state index is 15.7. The minimum absolute atomic E-state index is 0.183. The lowest BCUT2D eigenvalue weighted by Crippen LogP contribution is -2.47. The summed E-state index contributed by atoms with van der Waals surface area (Å²) in [6, 6.07) is 0.470. The van der Waals surface area contributed by atoms with E-state index < -0.39 is 16.2 Å². The fraction of sp³-hybridized carbons (Fsp3) is 1.00. The van der Waals surface area contributed by atoms with Gasteiger partial charge in [-0.1, -0.05) is 41.5 Å². The fourth-order valence-electron chi connectivity index (χ4n) is 2.80. The molecule has 0 radical (unpaired) electrons. The van der Waals surface area contributed by atoms with E-state index in [0.717, 1.165) is 0 Å². The number of hydrogen-bond acceptors (Lipinski definition) is 4. The second-order valence-corrected chi connectivity index (χ2v) is 14.3. The van der Waals surface area contributed by atoms with Gasteiger partial charge in [0.1, 0.15) is 0 Å². The molecule has 0 aliphatic carbocycles. The Kier molecular flexibility index (Phi) is 8.48. The summed E-state index contributed by atoms with van der Waals surface area (Å²) in [6.07, 6.45) is 0.515. The Hall–Kier alpha value is 0.257. The second-order valence-electron chi connectivity index (χ2n) is 7.52. The van der Waals surface area contributed by atoms with Gasteiger partial charge in [0, 0.05) is 0 Å². The van der Waals surface area contributed by atoms with Crippen molar-refractivity contribution in [3.05, 3.63) is 0 Å². The molecule has 7 heteroatoms. The van der Waals surface area contributed by atoms with Crippen molar-refractivity contribution in [3.63, 3.8) is 0 Å². The summed E-state index contributed by atoms with van der Waals surface area (Å²) in [7, 11) is -6.53. The van der Waals surface area contributed by atoms with E-state index in [1.54, 1.807) is 13.8 Å². The SMILES string of the molecule is CCOP(=O)(OCC)OCCC[Si](F)(C(C)(C)C)C(C)(C)C. The zero-order valence-corrected chi connectivity index (χ0v) is 17.4. The van der Waals surface area contributed by atoms with Crippen LogP contribution in [0, 0.1) is 0 Å². The first-order valence-corrected chi connectivity index (χ1v) is 11.6. The molecule has 0 aliphatic heterocycles. The van der Waals surface area contributed by atoms with Crippen molar-refractivity contribution < 1.29 is 22.2 Å². The van der Waals surface area contributed by atoms with Crippen LogP contribution in [-0.4, -0.2) is 28.2 Å². The highest BCUT2D eigenvalue weighted by atomic mass is 31.2. The minimum atomic E-state index is -3.49. The highest BCUT2D eigenvalue weighted by molar-refractivity contribution is 7.48. The molecule has 22 heavy (non-hydrogen) atoms. The van der Waals surface area contributed by atoms with E-state index in [4.69, 9.17) is 13.6 Å². The number of rotatable bonds is 9. The Morgan fingerprint density at radius 2 is 1.32 bits per heavy atom. The van der Waals surface area contributed by atoms with Gasteiger partial charge in [-0.3, -0.25) is 13.6 Å². The summed E-state index contributed by atoms with van der Waals surface area (Å²) in [5.41, 5.74) is 0. The van der Waals surface area contributed by atoms with Crippen LogP contribution in [-0.2, 0) is 18.1 Å². The number of halogens is 1. The standard InChI is InChI=1S/C15H34FO4PSi/c1-9-18-21(17,19-10-2)20-12-11-13-22(16,14(3,4)5)15(6,7)8/h9-13H2,1-8H3. The maximum atomic E-state index is 15.7. The van der Waals surface area contributed by atoms with Gasteiger partial charge in [0.25, 0.3) is 8.41 Å². The highest BCUT2D eigenvalue weighted by Crippen LogP contribution is 2.55. The van der Waals surface area contributed by atoms with Crippen LogP contribution < -0.4 is 0 Å². The van der Waals surface area contributed by atoms with Crippen LogP contribution >= 0.6 is 7.82 Å². The van der Waals surface area contributed by atoms with Gasteiger partial charge >= 0.3 is 7.82 Å². The van der Waals surface area contributed by atoms with Crippen molar-refractivity contribution in [1.29, 1.82) is 0 Å². The van der Waals surface area contributed by atoms with Crippen LogP contribution in [0.4, 0.5) is 4.11 Å². The zero-order chi connectivity index (χ0) is 17.7. The predicted molar refractivity (Wildman–Crippen MR) is 92.5 cm³/mol. The molecule has 0 saturated heterocycles. The lowest BCUT2D eigenvalue weighted by atomic mass is 10.2. The van der Waals surface area contributed by atoms with Crippen molar-refractivity contribution in [1.82, 2.24) is 0 Å². The van der Waals surface area contributed by atoms with Crippen LogP contribution in [0.25, 0.3) is 0 Å². The molecule has 0 heterocycles. The molecule has 134 valence electrons. The summed E-state index contributed by atoms with van der Waals surface area (Å²) in [5.74, 6) is 0. The largest absolute Gasteiger partial charge is 0.474 e. The Balaban J connectivity index is 4.69. The third-order valence-electron chi connectivity index (χ3n) is 3.87. The van der Waals surface area contributed by atoms with E-state index in [1.807, 2.05) is 41.5 Å². The van der Waals surface area contributed by atoms with Crippen molar-refractivity contribution in [2.45, 2.75) is 77.9 Å². The van der Waals surface area contributed by atoms with Crippen LogP contribution in [0.15, 0.2) is 0 Å². The Bertz CT molecular complexity index is 353. The Labute approximate surface area is 136 Å². The average Bonchev–Trinajstić information content (AvgIpc) is 2.32. The van der Waals surface area contributed by atoms with Crippen LogP contribution in [0.1, 0.15) is 61.8 Å². The Morgan fingerprint density at radius 3 is 1.64 bits per heavy atom. The van der Waals surface area contributed by atoms with E-state index >= 15 is 4.11 Å². The molecule has 0 rings (SSSR count). The van der Waals surface area contributed by atoms with Gasteiger partial charge < -0.3 is 4.11 Å². The summed E-state index contributed by atoms with van der Waals surface area (Å²) >= 11 is 0. The molecule has 0 aliphatic rings. The molecule has 0 fully saturated rings. The molecule has 0 amide bonds. The third kappa shape index (κ3) is 6.04. The van der Waals surface area contributed by atoms with Gasteiger partial charge in [0.05, 0.1) is 19.8 Å². The Morgan fingerprint density at radius 1 is 0.909 bits per heavy atom. The van der Waals surface area contributed by atoms with Gasteiger partial charge in [-0.15, -0.1) is 0 Å². The summed E-state index contributed by atoms with van der Waals surface area (Å²) in [4.78, 5) is 0. The van der Waals surface area contributed by atoms with E-state index in [2.05, 4.69) is 0 Å². The number of phosphoric ester groups is 1. The molecule has 0 bridgehead atoms. The monoisotopic (exact) mass is 356 g/mol. The van der Waals surface area contributed by atoms with Crippen molar-refractivity contribution in [2.75, 3.05) is 19.8 Å². The quantitative estimate of drug-likeness (QED) is 0.217. The van der Waals surface area contributed by atoms with Crippen molar-refractivity contribution in [2.24, 2.45) is 0 Å². The first-order chi connectivity index (χ1) is 9.83. The van der Waals surface area contributed by atoms with Gasteiger partial charge in [-0.25, -0.2) is 4.57 Å². The first-order valence-electron chi connectivity index (χ1n) is 8.05. The molecule has 0 spiro atoms. The molecule has 0 aromatic carbocycles. The molecular weight excluding hydrogens is 322 g/mol. The van der Waals surface area contributed by atoms with Crippen molar-refractivity contribution >= 4 is 16.2 Å². The summed E-state index contributed by atoms with van der Waals surface area (Å²) in [6.45, 7) is 16.0. The number of phosphoric acid groups is 1. The van der Waals surface area contributed by atoms with Crippen LogP contribution in [0.2, 0.25) is 16.1 Å². The lowest BCUT2D eigenvalue weighted by Gasteiger charge is -2.44. The summed E-state index contributed by atoms with van der Waals surface area (Å²) in [5, 5.41) is -0.705. The normalized spacial score (nSPS) is 14.4. The smallest absolute Gasteiger partial charge is 0.313 e. The van der Waals surface area contributed by atoms with E-state index in [0.29, 0.717) is 12.5 Å². The summed E-state index contributed by atoms with van der Waals surface area (Å²) < 4.78 is 43.3. The molecule has 0 saturated carbocycles. The minimum Gasteiger partial charge on any atom is -0.313 e. The van der Waals surface area contributed by atoms with Gasteiger partial charge in [0.15, 0.2) is 0 Å². The molecule has 4 nitrogen and oxygen atoms in total. The van der Waals surface area contributed by atoms with Gasteiger partial charge in [-0.2, -0.15) is 0 Å². The lowest BCUT2D eigenvalue weighted by molar-refractivity contribution is 0.121. The fourth-order valence-corrected chi connectivity index (χ4v) is 8.39. The third-order valence-corrected chi connectivity index (χ3v) is 11.3. The molecular formula is C15H34FO4PSi. The maximum Gasteiger partial charge on any atom is 0.474 e. The molecule has 0 aromatic heterocycles. The van der Waals surface area contributed by atoms with Gasteiger partial charge in [-0.05, 0) is 36.4 Å². The highest BCUT2D eigenvalue weighted by Gasteiger charge is 2.54. The van der Waals surface area contributed by atoms with Crippen LogP contribution in [0.3, 0.4) is 0 Å². The zero-order valence-electron chi connectivity index (χ0n) is 15.5. The topological polar surface area (TPSA) is 44.8 Å².